The summed E-state index contributed by atoms with van der Waals surface area (Å²) in [5, 5.41) is 23.1. The lowest BCUT2D eigenvalue weighted by Crippen LogP contribution is -2.24. The van der Waals surface area contributed by atoms with Gasteiger partial charge >= 0.3 is 0 Å². The Kier molecular flexibility index (Phi) is 3.00. The fourth-order valence-electron chi connectivity index (χ4n) is 6.47. The normalized spacial score (nSPS) is 35.3. The van der Waals surface area contributed by atoms with Crippen LogP contribution in [0, 0.1) is 23.7 Å². The van der Waals surface area contributed by atoms with Crippen molar-refractivity contribution in [3.05, 3.63) is 50.5 Å². The molecule has 0 radical (unpaired) electrons. The highest BCUT2D eigenvalue weighted by atomic mass is 35.5. The van der Waals surface area contributed by atoms with E-state index in [1.165, 1.54) is 17.1 Å². The van der Waals surface area contributed by atoms with Gasteiger partial charge in [-0.1, -0.05) is 47.0 Å². The molecule has 2 N–H and O–H groups in total. The number of nitrogens with zero attached hydrogens (tertiary/aromatic N) is 1. The maximum absolute atomic E-state index is 11.0. The molecule has 0 amide bonds. The summed E-state index contributed by atoms with van der Waals surface area (Å²) in [5.74, 6) is 3.23. The predicted molar refractivity (Wildman–Crippen MR) is 102 cm³/mol. The first kappa shape index (κ1) is 15.7. The van der Waals surface area contributed by atoms with Crippen LogP contribution in [-0.4, -0.2) is 14.8 Å². The lowest BCUT2D eigenvalue weighted by Gasteiger charge is -2.31. The first-order valence-electron chi connectivity index (χ1n) is 8.97. The molecule has 6 rings (SSSR count). The molecule has 4 bridgehead atoms. The topological polar surface area (TPSA) is 45.4 Å². The van der Waals surface area contributed by atoms with E-state index in [1.807, 2.05) is 0 Å². The third-order valence-electron chi connectivity index (χ3n) is 7.19. The van der Waals surface area contributed by atoms with Gasteiger partial charge in [-0.3, -0.25) is 0 Å². The zero-order valence-electron chi connectivity index (χ0n) is 13.7. The molecular weight excluding hydrogens is 393 g/mol. The summed E-state index contributed by atoms with van der Waals surface area (Å²) in [7, 11) is 0. The van der Waals surface area contributed by atoms with Crippen LogP contribution in [0.4, 0.5) is 0 Å². The predicted octanol–water partition coefficient (Wildman–Crippen LogP) is 5.87. The molecule has 26 heavy (non-hydrogen) atoms. The Morgan fingerprint density at radius 2 is 1.31 bits per heavy atom. The molecular formula is C20H16Cl3NO2. The minimum atomic E-state index is 0.0930. The van der Waals surface area contributed by atoms with E-state index in [1.54, 1.807) is 6.07 Å². The Morgan fingerprint density at radius 3 is 1.88 bits per heavy atom. The fraction of sp³-hybridized carbons (Fsp3) is 0.400. The van der Waals surface area contributed by atoms with Crippen LogP contribution in [-0.2, 0) is 0 Å². The first-order chi connectivity index (χ1) is 12.5. The lowest BCUT2D eigenvalue weighted by atomic mass is 9.72. The SMILES string of the molecule is Oc1c2c(c(O)n1-c1cc(Cl)c(Cl)cc1Cl)C1CC2C2C3C=CC(C3)C12. The molecule has 6 unspecified atom stereocenters. The zero-order valence-corrected chi connectivity index (χ0v) is 15.9. The van der Waals surface area contributed by atoms with Gasteiger partial charge in [0.25, 0.3) is 0 Å². The second kappa shape index (κ2) is 4.95. The molecule has 3 nitrogen and oxygen atoms in total. The van der Waals surface area contributed by atoms with Crippen molar-refractivity contribution in [3.63, 3.8) is 0 Å². The van der Waals surface area contributed by atoms with E-state index in [2.05, 4.69) is 12.2 Å². The van der Waals surface area contributed by atoms with Crippen LogP contribution >= 0.6 is 34.8 Å². The smallest absolute Gasteiger partial charge is 0.202 e. The Morgan fingerprint density at radius 1 is 0.769 bits per heavy atom. The minimum absolute atomic E-state index is 0.0930. The number of allylic oxidation sites excluding steroid dienone is 2. The van der Waals surface area contributed by atoms with E-state index in [-0.39, 0.29) is 11.8 Å². The molecule has 4 aliphatic carbocycles. The van der Waals surface area contributed by atoms with Crippen molar-refractivity contribution in [3.8, 4) is 17.4 Å². The molecule has 1 aromatic heterocycles. The van der Waals surface area contributed by atoms with Gasteiger partial charge in [-0.05, 0) is 60.5 Å². The van der Waals surface area contributed by atoms with Crippen molar-refractivity contribution in [2.24, 2.45) is 23.7 Å². The van der Waals surface area contributed by atoms with Gasteiger partial charge in [0.05, 0.1) is 20.8 Å². The highest BCUT2D eigenvalue weighted by Gasteiger charge is 2.62. The molecule has 2 saturated carbocycles. The third kappa shape index (κ3) is 1.68. The average Bonchev–Trinajstić information content (AvgIpc) is 3.37. The Bertz CT molecular complexity index is 964. The minimum Gasteiger partial charge on any atom is -0.494 e. The van der Waals surface area contributed by atoms with E-state index >= 15 is 0 Å². The quantitative estimate of drug-likeness (QED) is 0.352. The van der Waals surface area contributed by atoms with Crippen molar-refractivity contribution < 1.29 is 10.2 Å². The number of hydrogen-bond donors (Lipinski definition) is 2. The van der Waals surface area contributed by atoms with Crippen LogP contribution in [0.15, 0.2) is 24.3 Å². The van der Waals surface area contributed by atoms with E-state index in [0.29, 0.717) is 56.3 Å². The maximum atomic E-state index is 11.0. The van der Waals surface area contributed by atoms with Gasteiger partial charge in [0, 0.05) is 11.1 Å². The molecule has 4 aliphatic rings. The zero-order chi connectivity index (χ0) is 17.9. The van der Waals surface area contributed by atoms with Gasteiger partial charge in [-0.2, -0.15) is 0 Å². The molecule has 0 spiro atoms. The Labute approximate surface area is 165 Å². The fourth-order valence-corrected chi connectivity index (χ4v) is 7.09. The summed E-state index contributed by atoms with van der Waals surface area (Å²) in [4.78, 5) is 0. The largest absolute Gasteiger partial charge is 0.494 e. The molecule has 0 saturated heterocycles. The molecule has 1 aromatic carbocycles. The average molecular weight is 409 g/mol. The second-order valence-electron chi connectivity index (χ2n) is 8.08. The van der Waals surface area contributed by atoms with E-state index < -0.39 is 0 Å². The number of hydrogen-bond acceptors (Lipinski definition) is 2. The van der Waals surface area contributed by atoms with E-state index in [4.69, 9.17) is 34.8 Å². The highest BCUT2D eigenvalue weighted by Crippen LogP contribution is 2.72. The molecule has 6 atom stereocenters. The molecule has 2 aromatic rings. The van der Waals surface area contributed by atoms with Gasteiger partial charge in [0.1, 0.15) is 0 Å². The Balaban J connectivity index is 1.55. The summed E-state index contributed by atoms with van der Waals surface area (Å²) in [5.41, 5.74) is 2.28. The molecule has 2 fully saturated rings. The number of aromatic hydroxyl groups is 2. The van der Waals surface area contributed by atoms with Crippen molar-refractivity contribution in [1.82, 2.24) is 4.57 Å². The van der Waals surface area contributed by atoms with Crippen LogP contribution in [0.2, 0.25) is 15.1 Å². The maximum Gasteiger partial charge on any atom is 0.202 e. The number of aromatic nitrogens is 1. The van der Waals surface area contributed by atoms with Crippen LogP contribution < -0.4 is 0 Å². The summed E-state index contributed by atoms with van der Waals surface area (Å²) in [6.45, 7) is 0. The van der Waals surface area contributed by atoms with Gasteiger partial charge in [0.2, 0.25) is 11.8 Å². The summed E-state index contributed by atoms with van der Waals surface area (Å²) < 4.78 is 1.44. The van der Waals surface area contributed by atoms with Crippen LogP contribution in [0.1, 0.15) is 35.8 Å². The van der Waals surface area contributed by atoms with Gasteiger partial charge < -0.3 is 10.2 Å². The van der Waals surface area contributed by atoms with Crippen LogP contribution in [0.5, 0.6) is 11.8 Å². The summed E-state index contributed by atoms with van der Waals surface area (Å²) >= 11 is 18.5. The number of benzene rings is 1. The lowest BCUT2D eigenvalue weighted by molar-refractivity contribution is 0.298. The van der Waals surface area contributed by atoms with Crippen LogP contribution in [0.25, 0.3) is 5.69 Å². The molecule has 6 heteroatoms. The monoisotopic (exact) mass is 407 g/mol. The van der Waals surface area contributed by atoms with E-state index in [9.17, 15) is 10.2 Å². The van der Waals surface area contributed by atoms with Crippen molar-refractivity contribution in [2.75, 3.05) is 0 Å². The summed E-state index contributed by atoms with van der Waals surface area (Å²) in [6, 6.07) is 3.13. The third-order valence-corrected chi connectivity index (χ3v) is 8.21. The molecule has 134 valence electrons. The summed E-state index contributed by atoms with van der Waals surface area (Å²) in [6.07, 6.45) is 6.98. The van der Waals surface area contributed by atoms with E-state index in [0.717, 1.165) is 17.5 Å². The molecule has 1 heterocycles. The first-order valence-corrected chi connectivity index (χ1v) is 10.1. The van der Waals surface area contributed by atoms with Crippen molar-refractivity contribution in [1.29, 1.82) is 0 Å². The van der Waals surface area contributed by atoms with Crippen molar-refractivity contribution >= 4 is 34.8 Å². The Hall–Kier alpha value is -1.29. The van der Waals surface area contributed by atoms with Crippen LogP contribution in [0.3, 0.4) is 0 Å². The van der Waals surface area contributed by atoms with Crippen molar-refractivity contribution in [2.45, 2.75) is 24.7 Å². The second-order valence-corrected chi connectivity index (χ2v) is 9.30. The van der Waals surface area contributed by atoms with Gasteiger partial charge in [-0.25, -0.2) is 4.57 Å². The molecule has 0 aliphatic heterocycles. The van der Waals surface area contributed by atoms with Gasteiger partial charge in [-0.15, -0.1) is 0 Å². The standard InChI is InChI=1S/C20H16Cl3NO2/c21-11-5-13(23)14(6-12(11)22)24-19(25)17-9-4-10(18(17)20(24)26)16-8-2-1-7(3-8)15(9)16/h1-2,5-10,15-16,25-26H,3-4H2. The van der Waals surface area contributed by atoms with Gasteiger partial charge in [0.15, 0.2) is 0 Å². The number of rotatable bonds is 1. The highest BCUT2D eigenvalue weighted by molar-refractivity contribution is 6.43. The number of fused-ring (bicyclic) bond motifs is 12. The number of halogens is 3.